The SMILES string of the molecule is CCOc1cc(/C=N/NC(=O)c2ccc(C)cc2Cl)ccc1OC. The average molecular weight is 347 g/mol. The summed E-state index contributed by atoms with van der Waals surface area (Å²) in [6, 6.07) is 10.6. The second kappa shape index (κ2) is 8.36. The number of methoxy groups -OCH3 is 1. The number of ether oxygens (including phenoxy) is 2. The van der Waals surface area contributed by atoms with Crippen molar-refractivity contribution in [2.45, 2.75) is 13.8 Å². The van der Waals surface area contributed by atoms with E-state index in [4.69, 9.17) is 21.1 Å². The Hall–Kier alpha value is -2.53. The number of nitrogens with zero attached hydrogens (tertiary/aromatic N) is 1. The van der Waals surface area contributed by atoms with Crippen molar-refractivity contribution in [3.63, 3.8) is 0 Å². The zero-order valence-electron chi connectivity index (χ0n) is 13.8. The Labute approximate surface area is 146 Å². The molecule has 6 heteroatoms. The van der Waals surface area contributed by atoms with Gasteiger partial charge in [0.15, 0.2) is 11.5 Å². The molecule has 0 radical (unpaired) electrons. The van der Waals surface area contributed by atoms with E-state index in [2.05, 4.69) is 10.5 Å². The number of hydrogen-bond acceptors (Lipinski definition) is 4. The molecular formula is C18H19ClN2O3. The summed E-state index contributed by atoms with van der Waals surface area (Å²) in [5.74, 6) is 0.899. The summed E-state index contributed by atoms with van der Waals surface area (Å²) in [5.41, 5.74) is 4.60. The van der Waals surface area contributed by atoms with E-state index in [0.717, 1.165) is 11.1 Å². The van der Waals surface area contributed by atoms with Crippen molar-refractivity contribution in [1.29, 1.82) is 0 Å². The lowest BCUT2D eigenvalue weighted by atomic mass is 10.1. The molecule has 24 heavy (non-hydrogen) atoms. The van der Waals surface area contributed by atoms with Crippen LogP contribution in [0, 0.1) is 6.92 Å². The summed E-state index contributed by atoms with van der Waals surface area (Å²) >= 11 is 6.07. The van der Waals surface area contributed by atoms with Crippen molar-refractivity contribution < 1.29 is 14.3 Å². The summed E-state index contributed by atoms with van der Waals surface area (Å²) in [6.45, 7) is 4.33. The summed E-state index contributed by atoms with van der Waals surface area (Å²) < 4.78 is 10.7. The van der Waals surface area contributed by atoms with Crippen LogP contribution in [0.1, 0.15) is 28.4 Å². The molecule has 0 heterocycles. The first-order chi connectivity index (χ1) is 11.5. The van der Waals surface area contributed by atoms with Gasteiger partial charge < -0.3 is 9.47 Å². The fraction of sp³-hybridized carbons (Fsp3) is 0.222. The highest BCUT2D eigenvalue weighted by Gasteiger charge is 2.09. The molecule has 0 aliphatic rings. The molecule has 5 nitrogen and oxygen atoms in total. The molecule has 0 aromatic heterocycles. The standard InChI is InChI=1S/C18H19ClN2O3/c1-4-24-17-10-13(6-8-16(17)23-3)11-20-21-18(22)14-7-5-12(2)9-15(14)19/h5-11H,4H2,1-3H3,(H,21,22)/b20-11+. The van der Waals surface area contributed by atoms with Gasteiger partial charge in [0.25, 0.3) is 5.91 Å². The van der Waals surface area contributed by atoms with Gasteiger partial charge in [-0.05, 0) is 55.3 Å². The Morgan fingerprint density at radius 3 is 2.71 bits per heavy atom. The Kier molecular flexibility index (Phi) is 6.21. The Morgan fingerprint density at radius 2 is 2.04 bits per heavy atom. The molecule has 0 atom stereocenters. The predicted molar refractivity (Wildman–Crippen MR) is 95.4 cm³/mol. The van der Waals surface area contributed by atoms with Gasteiger partial charge >= 0.3 is 0 Å². The molecule has 2 rings (SSSR count). The third kappa shape index (κ3) is 4.49. The highest BCUT2D eigenvalue weighted by molar-refractivity contribution is 6.33. The van der Waals surface area contributed by atoms with Crippen LogP contribution in [0.5, 0.6) is 11.5 Å². The summed E-state index contributed by atoms with van der Waals surface area (Å²) in [7, 11) is 1.58. The van der Waals surface area contributed by atoms with Gasteiger partial charge in [0, 0.05) is 0 Å². The number of rotatable bonds is 6. The van der Waals surface area contributed by atoms with Gasteiger partial charge in [-0.2, -0.15) is 5.10 Å². The van der Waals surface area contributed by atoms with Crippen LogP contribution < -0.4 is 14.9 Å². The van der Waals surface area contributed by atoms with Crippen molar-refractivity contribution >= 4 is 23.7 Å². The van der Waals surface area contributed by atoms with E-state index < -0.39 is 0 Å². The molecule has 2 aromatic rings. The molecule has 0 aliphatic carbocycles. The molecule has 0 fully saturated rings. The van der Waals surface area contributed by atoms with Gasteiger partial charge in [-0.3, -0.25) is 4.79 Å². The normalized spacial score (nSPS) is 10.7. The lowest BCUT2D eigenvalue weighted by molar-refractivity contribution is 0.0955. The number of nitrogens with one attached hydrogen (secondary N) is 1. The van der Waals surface area contributed by atoms with Crippen LogP contribution in [-0.2, 0) is 0 Å². The Morgan fingerprint density at radius 1 is 1.25 bits per heavy atom. The lowest BCUT2D eigenvalue weighted by Gasteiger charge is -2.09. The monoisotopic (exact) mass is 346 g/mol. The van der Waals surface area contributed by atoms with Crippen LogP contribution in [0.25, 0.3) is 0 Å². The Balaban J connectivity index is 2.08. The van der Waals surface area contributed by atoms with E-state index in [1.807, 2.05) is 26.0 Å². The minimum atomic E-state index is -0.366. The van der Waals surface area contributed by atoms with Gasteiger partial charge in [-0.1, -0.05) is 17.7 Å². The minimum Gasteiger partial charge on any atom is -0.493 e. The van der Waals surface area contributed by atoms with Crippen LogP contribution in [0.2, 0.25) is 5.02 Å². The molecule has 126 valence electrons. The number of hydrogen-bond donors (Lipinski definition) is 1. The number of hydrazone groups is 1. The molecule has 0 unspecified atom stereocenters. The van der Waals surface area contributed by atoms with Gasteiger partial charge in [-0.15, -0.1) is 0 Å². The molecule has 2 aromatic carbocycles. The van der Waals surface area contributed by atoms with E-state index in [1.54, 1.807) is 31.4 Å². The first-order valence-electron chi connectivity index (χ1n) is 7.45. The summed E-state index contributed by atoms with van der Waals surface area (Å²) in [4.78, 5) is 12.1. The number of halogens is 1. The fourth-order valence-electron chi connectivity index (χ4n) is 2.07. The highest BCUT2D eigenvalue weighted by atomic mass is 35.5. The van der Waals surface area contributed by atoms with Gasteiger partial charge in [0.2, 0.25) is 0 Å². The third-order valence-corrected chi connectivity index (χ3v) is 3.55. The van der Waals surface area contributed by atoms with Crippen LogP contribution in [-0.4, -0.2) is 25.8 Å². The summed E-state index contributed by atoms with van der Waals surface area (Å²) in [6.07, 6.45) is 1.53. The zero-order chi connectivity index (χ0) is 17.5. The molecular weight excluding hydrogens is 328 g/mol. The average Bonchev–Trinajstić information content (AvgIpc) is 2.55. The second-order valence-electron chi connectivity index (χ2n) is 5.03. The first-order valence-corrected chi connectivity index (χ1v) is 7.83. The van der Waals surface area contributed by atoms with Crippen molar-refractivity contribution in [3.8, 4) is 11.5 Å². The van der Waals surface area contributed by atoms with Crippen molar-refractivity contribution in [1.82, 2.24) is 5.43 Å². The molecule has 0 bridgehead atoms. The first kappa shape index (κ1) is 17.8. The number of amides is 1. The van der Waals surface area contributed by atoms with Crippen molar-refractivity contribution in [2.75, 3.05) is 13.7 Å². The number of carbonyl (C=O) groups excluding carboxylic acids is 1. The summed E-state index contributed by atoms with van der Waals surface area (Å²) in [5, 5.41) is 4.35. The van der Waals surface area contributed by atoms with Crippen molar-refractivity contribution in [2.24, 2.45) is 5.10 Å². The smallest absolute Gasteiger partial charge is 0.272 e. The zero-order valence-corrected chi connectivity index (χ0v) is 14.6. The van der Waals surface area contributed by atoms with Crippen molar-refractivity contribution in [3.05, 3.63) is 58.1 Å². The maximum Gasteiger partial charge on any atom is 0.272 e. The van der Waals surface area contributed by atoms with Crippen LogP contribution in [0.3, 0.4) is 0 Å². The number of benzene rings is 2. The minimum absolute atomic E-state index is 0.366. The highest BCUT2D eigenvalue weighted by Crippen LogP contribution is 2.27. The van der Waals surface area contributed by atoms with E-state index >= 15 is 0 Å². The predicted octanol–water partition coefficient (Wildman–Crippen LogP) is 3.82. The second-order valence-corrected chi connectivity index (χ2v) is 5.43. The van der Waals surface area contributed by atoms with Crippen LogP contribution >= 0.6 is 11.6 Å². The molecule has 0 spiro atoms. The molecule has 1 N–H and O–H groups in total. The maximum absolute atomic E-state index is 12.1. The molecule has 1 amide bonds. The van der Waals surface area contributed by atoms with Gasteiger partial charge in [0.05, 0.1) is 30.5 Å². The van der Waals surface area contributed by atoms with Gasteiger partial charge in [-0.25, -0.2) is 5.43 Å². The van der Waals surface area contributed by atoms with E-state index in [9.17, 15) is 4.79 Å². The van der Waals surface area contributed by atoms with Gasteiger partial charge in [0.1, 0.15) is 0 Å². The van der Waals surface area contributed by atoms with Crippen LogP contribution in [0.4, 0.5) is 0 Å². The topological polar surface area (TPSA) is 59.9 Å². The largest absolute Gasteiger partial charge is 0.493 e. The quantitative estimate of drug-likeness (QED) is 0.639. The van der Waals surface area contributed by atoms with E-state index in [0.29, 0.717) is 28.7 Å². The molecule has 0 saturated heterocycles. The molecule has 0 saturated carbocycles. The van der Waals surface area contributed by atoms with Crippen LogP contribution in [0.15, 0.2) is 41.5 Å². The fourth-order valence-corrected chi connectivity index (χ4v) is 2.39. The Bertz CT molecular complexity index is 760. The maximum atomic E-state index is 12.1. The van der Waals surface area contributed by atoms with E-state index in [-0.39, 0.29) is 5.91 Å². The number of carbonyl (C=O) groups is 1. The number of aryl methyl sites for hydroxylation is 1. The lowest BCUT2D eigenvalue weighted by Crippen LogP contribution is -2.18. The van der Waals surface area contributed by atoms with E-state index in [1.165, 1.54) is 6.21 Å². The third-order valence-electron chi connectivity index (χ3n) is 3.24. The molecule has 0 aliphatic heterocycles.